The molecule has 2 heterocycles. The van der Waals surface area contributed by atoms with E-state index in [1.165, 1.54) is 11.6 Å². The molecule has 0 bridgehead atoms. The quantitative estimate of drug-likeness (QED) is 0.821. The summed E-state index contributed by atoms with van der Waals surface area (Å²) in [5.41, 5.74) is 2.50. The van der Waals surface area contributed by atoms with Gasteiger partial charge in [0, 0.05) is 12.6 Å². The van der Waals surface area contributed by atoms with E-state index in [2.05, 4.69) is 20.6 Å². The van der Waals surface area contributed by atoms with Crippen molar-refractivity contribution in [2.24, 2.45) is 0 Å². The van der Waals surface area contributed by atoms with Gasteiger partial charge in [-0.2, -0.15) is 9.61 Å². The summed E-state index contributed by atoms with van der Waals surface area (Å²) in [5.74, 6) is 0.0107. The first-order chi connectivity index (χ1) is 8.10. The number of hydrogen-bond donors (Lipinski definition) is 1. The number of rotatable bonds is 2. The van der Waals surface area contributed by atoms with Crippen molar-refractivity contribution >= 4 is 30.0 Å². The van der Waals surface area contributed by atoms with E-state index >= 15 is 0 Å². The van der Waals surface area contributed by atoms with Crippen molar-refractivity contribution in [3.63, 3.8) is 0 Å². The molecule has 8 heteroatoms. The highest BCUT2D eigenvalue weighted by Gasteiger charge is 2.18. The lowest BCUT2D eigenvalue weighted by Crippen LogP contribution is -2.13. The van der Waals surface area contributed by atoms with E-state index in [1.54, 1.807) is 7.05 Å². The van der Waals surface area contributed by atoms with E-state index in [-0.39, 0.29) is 18.1 Å². The number of fused-ring (bicyclic) bond motifs is 1. The molecule has 0 spiro atoms. The summed E-state index contributed by atoms with van der Waals surface area (Å²) >= 11 is 0. The first kappa shape index (κ1) is 14.2. The van der Waals surface area contributed by atoms with Gasteiger partial charge in [0.05, 0.1) is 7.11 Å². The maximum Gasteiger partial charge on any atom is 0.358 e. The Balaban J connectivity index is 0.00000162. The van der Waals surface area contributed by atoms with Crippen LogP contribution < -0.4 is 5.32 Å². The average Bonchev–Trinajstić information content (AvgIpc) is 2.75. The van der Waals surface area contributed by atoms with Crippen molar-refractivity contribution in [1.29, 1.82) is 0 Å². The number of esters is 1. The Bertz CT molecular complexity index is 595. The van der Waals surface area contributed by atoms with Crippen LogP contribution in [0.1, 0.15) is 21.6 Å². The van der Waals surface area contributed by atoms with Gasteiger partial charge in [-0.05, 0) is 19.4 Å². The second-order valence-corrected chi connectivity index (χ2v) is 3.60. The van der Waals surface area contributed by atoms with E-state index in [0.717, 1.165) is 11.1 Å². The maximum atomic E-state index is 11.6. The number of nitrogens with one attached hydrogen (secondary N) is 1. The highest BCUT2D eigenvalue weighted by molar-refractivity contribution is 5.89. The summed E-state index contributed by atoms with van der Waals surface area (Å²) in [6.07, 6.45) is 0. The lowest BCUT2D eigenvalue weighted by atomic mass is 10.1. The fraction of sp³-hybridized carbons (Fsp3) is 0.400. The van der Waals surface area contributed by atoms with Crippen LogP contribution in [0.3, 0.4) is 0 Å². The topological polar surface area (TPSA) is 81.4 Å². The number of anilines is 1. The third kappa shape index (κ3) is 1.97. The van der Waals surface area contributed by atoms with Crippen LogP contribution in [0.4, 0.5) is 5.95 Å². The van der Waals surface area contributed by atoms with Crippen LogP contribution in [0.5, 0.6) is 0 Å². The van der Waals surface area contributed by atoms with E-state index in [9.17, 15) is 4.79 Å². The van der Waals surface area contributed by atoms with Gasteiger partial charge in [0.15, 0.2) is 11.3 Å². The van der Waals surface area contributed by atoms with Gasteiger partial charge < -0.3 is 10.1 Å². The van der Waals surface area contributed by atoms with Crippen LogP contribution in [-0.2, 0) is 4.74 Å². The minimum Gasteiger partial charge on any atom is -0.464 e. The molecule has 2 aromatic rings. The van der Waals surface area contributed by atoms with Gasteiger partial charge in [-0.15, -0.1) is 22.6 Å². The highest BCUT2D eigenvalue weighted by atomic mass is 35.5. The molecule has 1 N–H and O–H groups in total. The molecule has 0 saturated heterocycles. The second kappa shape index (κ2) is 5.18. The average molecular weight is 272 g/mol. The summed E-state index contributed by atoms with van der Waals surface area (Å²) in [5, 5.41) is 15.0. The fourth-order valence-electron chi connectivity index (χ4n) is 1.58. The second-order valence-electron chi connectivity index (χ2n) is 3.60. The molecule has 0 saturated carbocycles. The van der Waals surface area contributed by atoms with Crippen LogP contribution in [0.25, 0.3) is 5.65 Å². The third-order valence-electron chi connectivity index (χ3n) is 2.70. The van der Waals surface area contributed by atoms with E-state index in [4.69, 9.17) is 4.74 Å². The molecule has 0 radical (unpaired) electrons. The number of ether oxygens (including phenoxy) is 1. The Morgan fingerprint density at radius 1 is 1.28 bits per heavy atom. The molecule has 7 nitrogen and oxygen atoms in total. The lowest BCUT2D eigenvalue weighted by molar-refractivity contribution is 0.0591. The van der Waals surface area contributed by atoms with Gasteiger partial charge in [-0.1, -0.05) is 0 Å². The zero-order chi connectivity index (χ0) is 12.6. The van der Waals surface area contributed by atoms with Crippen molar-refractivity contribution in [1.82, 2.24) is 19.8 Å². The molecule has 0 aliphatic rings. The van der Waals surface area contributed by atoms with Gasteiger partial charge in [-0.25, -0.2) is 4.79 Å². The molecular formula is C10H14ClN5O2. The van der Waals surface area contributed by atoms with Crippen LogP contribution in [0.2, 0.25) is 0 Å². The van der Waals surface area contributed by atoms with Crippen molar-refractivity contribution in [3.05, 3.63) is 16.8 Å². The number of halogens is 1. The Morgan fingerprint density at radius 3 is 2.50 bits per heavy atom. The first-order valence-corrected chi connectivity index (χ1v) is 5.08. The minimum absolute atomic E-state index is 0. The lowest BCUT2D eigenvalue weighted by Gasteiger charge is -2.07. The number of aryl methyl sites for hydroxylation is 1. The van der Waals surface area contributed by atoms with Crippen molar-refractivity contribution < 1.29 is 9.53 Å². The zero-order valence-electron chi connectivity index (χ0n) is 10.5. The monoisotopic (exact) mass is 271 g/mol. The number of nitrogens with zero attached hydrogens (tertiary/aromatic N) is 4. The first-order valence-electron chi connectivity index (χ1n) is 5.08. The number of carbonyl (C=O) groups is 1. The maximum absolute atomic E-state index is 11.6. The van der Waals surface area contributed by atoms with Crippen LogP contribution in [0.15, 0.2) is 0 Å². The molecule has 18 heavy (non-hydrogen) atoms. The molecule has 2 aromatic heterocycles. The number of aromatic nitrogens is 4. The molecule has 0 fully saturated rings. The fourth-order valence-corrected chi connectivity index (χ4v) is 1.58. The SMILES string of the molecule is CNc1nnc2c(C)c(C)c(C(=O)OC)nn12.Cl. The number of hydrogen-bond acceptors (Lipinski definition) is 6. The Morgan fingerprint density at radius 2 is 1.94 bits per heavy atom. The zero-order valence-corrected chi connectivity index (χ0v) is 11.3. The molecule has 0 aliphatic carbocycles. The van der Waals surface area contributed by atoms with Gasteiger partial charge in [0.1, 0.15) is 0 Å². The van der Waals surface area contributed by atoms with Gasteiger partial charge in [0.2, 0.25) is 5.95 Å². The normalized spacial score (nSPS) is 10.0. The van der Waals surface area contributed by atoms with Crippen LogP contribution in [0, 0.1) is 13.8 Å². The number of carbonyl (C=O) groups excluding carboxylic acids is 1. The molecule has 0 aliphatic heterocycles. The van der Waals surface area contributed by atoms with Gasteiger partial charge >= 0.3 is 5.97 Å². The molecular weight excluding hydrogens is 258 g/mol. The van der Waals surface area contributed by atoms with E-state index in [0.29, 0.717) is 11.6 Å². The Kier molecular flexibility index (Phi) is 4.07. The van der Waals surface area contributed by atoms with Crippen LogP contribution in [-0.4, -0.2) is 39.9 Å². The van der Waals surface area contributed by atoms with E-state index < -0.39 is 5.97 Å². The predicted molar refractivity (Wildman–Crippen MR) is 68.4 cm³/mol. The van der Waals surface area contributed by atoms with Crippen molar-refractivity contribution in [2.75, 3.05) is 19.5 Å². The highest BCUT2D eigenvalue weighted by Crippen LogP contribution is 2.18. The predicted octanol–water partition coefficient (Wildman–Crippen LogP) is 0.991. The Hall–Kier alpha value is -1.89. The molecule has 98 valence electrons. The summed E-state index contributed by atoms with van der Waals surface area (Å²) in [6.45, 7) is 3.68. The molecule has 0 amide bonds. The smallest absolute Gasteiger partial charge is 0.358 e. The van der Waals surface area contributed by atoms with Crippen LogP contribution >= 0.6 is 12.4 Å². The largest absolute Gasteiger partial charge is 0.464 e. The molecule has 0 aromatic carbocycles. The summed E-state index contributed by atoms with van der Waals surface area (Å²) in [7, 11) is 3.04. The van der Waals surface area contributed by atoms with Gasteiger partial charge in [0.25, 0.3) is 0 Å². The van der Waals surface area contributed by atoms with Crippen molar-refractivity contribution in [3.8, 4) is 0 Å². The number of methoxy groups -OCH3 is 1. The summed E-state index contributed by atoms with van der Waals surface area (Å²) in [6, 6.07) is 0. The Labute approximate surface area is 110 Å². The van der Waals surface area contributed by atoms with Gasteiger partial charge in [-0.3, -0.25) is 0 Å². The molecule has 0 atom stereocenters. The third-order valence-corrected chi connectivity index (χ3v) is 2.70. The summed E-state index contributed by atoms with van der Waals surface area (Å²) < 4.78 is 6.19. The summed E-state index contributed by atoms with van der Waals surface area (Å²) in [4.78, 5) is 11.6. The molecule has 2 rings (SSSR count). The van der Waals surface area contributed by atoms with Crippen molar-refractivity contribution in [2.45, 2.75) is 13.8 Å². The standard InChI is InChI=1S/C10H13N5O2.ClH/c1-5-6(2)8-12-13-10(11-3)15(8)14-7(5)9(16)17-4;/h1-4H3,(H,11,13);1H. The van der Waals surface area contributed by atoms with E-state index in [1.807, 2.05) is 13.8 Å². The molecule has 0 unspecified atom stereocenters. The minimum atomic E-state index is -0.469.